The fourth-order valence-corrected chi connectivity index (χ4v) is 3.17. The van der Waals surface area contributed by atoms with E-state index >= 15 is 0 Å². The van der Waals surface area contributed by atoms with Crippen LogP contribution in [0.3, 0.4) is 0 Å². The Kier molecular flexibility index (Phi) is 4.15. The van der Waals surface area contributed by atoms with E-state index in [2.05, 4.69) is 31.3 Å². The largest absolute Gasteiger partial charge is 0.310 e. The van der Waals surface area contributed by atoms with Crippen LogP contribution >= 0.6 is 11.3 Å². The maximum Gasteiger partial charge on any atom is 0.123 e. The number of nitrogens with one attached hydrogen (secondary N) is 1. The van der Waals surface area contributed by atoms with Gasteiger partial charge in [-0.05, 0) is 55.8 Å². The normalized spacial score (nSPS) is 12.7. The van der Waals surface area contributed by atoms with Gasteiger partial charge in [-0.15, -0.1) is 11.3 Å². The van der Waals surface area contributed by atoms with E-state index in [1.54, 1.807) is 17.4 Å². The van der Waals surface area contributed by atoms with Crippen LogP contribution < -0.4 is 5.32 Å². The van der Waals surface area contributed by atoms with Crippen molar-refractivity contribution < 1.29 is 4.39 Å². The highest BCUT2D eigenvalue weighted by molar-refractivity contribution is 7.15. The molecule has 1 aromatic heterocycles. The highest BCUT2D eigenvalue weighted by Gasteiger charge is 2.10. The molecule has 1 aromatic carbocycles. The maximum absolute atomic E-state index is 13.1. The summed E-state index contributed by atoms with van der Waals surface area (Å²) in [6.45, 7) is 7.18. The molecular weight excluding hydrogens is 245 g/mol. The first kappa shape index (κ1) is 13.2. The zero-order chi connectivity index (χ0) is 13.1. The monoisotopic (exact) mass is 263 g/mol. The van der Waals surface area contributed by atoms with E-state index in [9.17, 15) is 4.39 Å². The first-order valence-corrected chi connectivity index (χ1v) is 7.03. The van der Waals surface area contributed by atoms with Gasteiger partial charge < -0.3 is 5.32 Å². The molecule has 3 heteroatoms. The molecular formula is C15H18FNS. The maximum atomic E-state index is 13.1. The molecule has 18 heavy (non-hydrogen) atoms. The van der Waals surface area contributed by atoms with Gasteiger partial charge in [-0.3, -0.25) is 0 Å². The third kappa shape index (κ3) is 2.79. The minimum atomic E-state index is -0.172. The van der Waals surface area contributed by atoms with Gasteiger partial charge in [0.2, 0.25) is 0 Å². The summed E-state index contributed by atoms with van der Waals surface area (Å²) in [6, 6.07) is 9.61. The Labute approximate surface area is 112 Å². The van der Waals surface area contributed by atoms with Crippen LogP contribution in [0.4, 0.5) is 4.39 Å². The Morgan fingerprint density at radius 2 is 2.06 bits per heavy atom. The molecule has 1 unspecified atom stereocenters. The zero-order valence-electron chi connectivity index (χ0n) is 11.0. The van der Waals surface area contributed by atoms with Gasteiger partial charge >= 0.3 is 0 Å². The van der Waals surface area contributed by atoms with Crippen molar-refractivity contribution in [2.24, 2.45) is 0 Å². The van der Waals surface area contributed by atoms with Crippen molar-refractivity contribution >= 4 is 11.3 Å². The lowest BCUT2D eigenvalue weighted by Crippen LogP contribution is -2.16. The third-order valence-corrected chi connectivity index (χ3v) is 4.32. The van der Waals surface area contributed by atoms with Crippen LogP contribution in [0.2, 0.25) is 0 Å². The van der Waals surface area contributed by atoms with E-state index < -0.39 is 0 Å². The molecule has 0 aliphatic rings. The van der Waals surface area contributed by atoms with Crippen LogP contribution in [0.1, 0.15) is 30.3 Å². The summed E-state index contributed by atoms with van der Waals surface area (Å²) < 4.78 is 13.1. The number of thiophene rings is 1. The quantitative estimate of drug-likeness (QED) is 0.854. The first-order chi connectivity index (χ1) is 8.61. The third-order valence-electron chi connectivity index (χ3n) is 3.02. The van der Waals surface area contributed by atoms with Crippen molar-refractivity contribution in [3.63, 3.8) is 0 Å². The topological polar surface area (TPSA) is 12.0 Å². The summed E-state index contributed by atoms with van der Waals surface area (Å²) in [5, 5.41) is 3.40. The number of aryl methyl sites for hydroxylation is 1. The molecule has 0 spiro atoms. The minimum Gasteiger partial charge on any atom is -0.310 e. The first-order valence-electron chi connectivity index (χ1n) is 6.21. The molecule has 0 saturated carbocycles. The Morgan fingerprint density at radius 1 is 1.28 bits per heavy atom. The molecule has 1 heterocycles. The Balaban J connectivity index is 2.29. The average Bonchev–Trinajstić information content (AvgIpc) is 2.78. The van der Waals surface area contributed by atoms with Crippen molar-refractivity contribution in [3.8, 4) is 10.4 Å². The van der Waals surface area contributed by atoms with Gasteiger partial charge in [-0.2, -0.15) is 0 Å². The van der Waals surface area contributed by atoms with Crippen LogP contribution in [0.5, 0.6) is 0 Å². The van der Waals surface area contributed by atoms with E-state index in [4.69, 9.17) is 0 Å². The smallest absolute Gasteiger partial charge is 0.123 e. The van der Waals surface area contributed by atoms with Crippen molar-refractivity contribution in [2.75, 3.05) is 6.54 Å². The lowest BCUT2D eigenvalue weighted by Gasteiger charge is -2.09. The number of benzene rings is 1. The van der Waals surface area contributed by atoms with E-state index in [-0.39, 0.29) is 5.82 Å². The minimum absolute atomic E-state index is 0.172. The van der Waals surface area contributed by atoms with Crippen molar-refractivity contribution in [1.29, 1.82) is 0 Å². The average molecular weight is 263 g/mol. The molecule has 0 saturated heterocycles. The summed E-state index contributed by atoms with van der Waals surface area (Å²) in [7, 11) is 0. The van der Waals surface area contributed by atoms with Crippen LogP contribution in [0, 0.1) is 12.7 Å². The standard InChI is InChI=1S/C15H18FNS/c1-4-17-11(3)14-7-8-15(18-14)13-6-5-12(16)9-10(13)2/h5-9,11,17H,4H2,1-3H3. The molecule has 0 amide bonds. The number of halogens is 1. The van der Waals surface area contributed by atoms with E-state index in [1.165, 1.54) is 15.8 Å². The van der Waals surface area contributed by atoms with Gasteiger partial charge in [0.1, 0.15) is 5.82 Å². The Hall–Kier alpha value is -1.19. The molecule has 0 fully saturated rings. The fourth-order valence-electron chi connectivity index (χ4n) is 2.04. The van der Waals surface area contributed by atoms with Gasteiger partial charge in [-0.25, -0.2) is 4.39 Å². The van der Waals surface area contributed by atoms with Gasteiger partial charge in [0.15, 0.2) is 0 Å². The van der Waals surface area contributed by atoms with Gasteiger partial charge in [0.05, 0.1) is 0 Å². The van der Waals surface area contributed by atoms with Gasteiger partial charge in [0.25, 0.3) is 0 Å². The van der Waals surface area contributed by atoms with E-state index in [1.807, 2.05) is 13.0 Å². The summed E-state index contributed by atoms with van der Waals surface area (Å²) in [6.07, 6.45) is 0. The molecule has 96 valence electrons. The predicted molar refractivity (Wildman–Crippen MR) is 76.5 cm³/mol. The molecule has 0 radical (unpaired) electrons. The number of hydrogen-bond acceptors (Lipinski definition) is 2. The van der Waals surface area contributed by atoms with Crippen molar-refractivity contribution in [3.05, 3.63) is 46.6 Å². The molecule has 1 atom stereocenters. The number of rotatable bonds is 4. The summed E-state index contributed by atoms with van der Waals surface area (Å²) >= 11 is 1.77. The van der Waals surface area contributed by atoms with E-state index in [0.717, 1.165) is 17.7 Å². The summed E-state index contributed by atoms with van der Waals surface area (Å²) in [4.78, 5) is 2.52. The second kappa shape index (κ2) is 5.63. The SMILES string of the molecule is CCNC(C)c1ccc(-c2ccc(F)cc2C)s1. The lowest BCUT2D eigenvalue weighted by molar-refractivity contribution is 0.607. The summed E-state index contributed by atoms with van der Waals surface area (Å²) in [5.74, 6) is -0.172. The van der Waals surface area contributed by atoms with Crippen LogP contribution in [0.15, 0.2) is 30.3 Å². The highest BCUT2D eigenvalue weighted by Crippen LogP contribution is 2.33. The molecule has 1 N–H and O–H groups in total. The zero-order valence-corrected chi connectivity index (χ0v) is 11.8. The fraction of sp³-hybridized carbons (Fsp3) is 0.333. The Bertz CT molecular complexity index is 533. The van der Waals surface area contributed by atoms with Crippen LogP contribution in [0.25, 0.3) is 10.4 Å². The van der Waals surface area contributed by atoms with Gasteiger partial charge in [0, 0.05) is 15.8 Å². The van der Waals surface area contributed by atoms with Crippen LogP contribution in [-0.2, 0) is 0 Å². The van der Waals surface area contributed by atoms with Crippen LogP contribution in [-0.4, -0.2) is 6.54 Å². The van der Waals surface area contributed by atoms with Crippen molar-refractivity contribution in [2.45, 2.75) is 26.8 Å². The lowest BCUT2D eigenvalue weighted by atomic mass is 10.1. The predicted octanol–water partition coefficient (Wildman–Crippen LogP) is 4.53. The van der Waals surface area contributed by atoms with Gasteiger partial charge in [-0.1, -0.05) is 13.0 Å². The molecule has 0 bridgehead atoms. The molecule has 0 aliphatic heterocycles. The number of hydrogen-bond donors (Lipinski definition) is 1. The molecule has 1 nitrogen and oxygen atoms in total. The summed E-state index contributed by atoms with van der Waals surface area (Å²) in [5.41, 5.74) is 2.11. The second-order valence-electron chi connectivity index (χ2n) is 4.44. The second-order valence-corrected chi connectivity index (χ2v) is 5.56. The highest BCUT2D eigenvalue weighted by atomic mass is 32.1. The molecule has 2 rings (SSSR count). The molecule has 2 aromatic rings. The van der Waals surface area contributed by atoms with E-state index in [0.29, 0.717) is 6.04 Å². The Morgan fingerprint density at radius 3 is 2.72 bits per heavy atom. The molecule has 0 aliphatic carbocycles. The van der Waals surface area contributed by atoms with Crippen molar-refractivity contribution in [1.82, 2.24) is 5.32 Å².